The summed E-state index contributed by atoms with van der Waals surface area (Å²) < 4.78 is 24.8. The number of benzene rings is 2. The number of aryl methyl sites for hydroxylation is 2. The van der Waals surface area contributed by atoms with Crippen molar-refractivity contribution in [3.8, 4) is 0 Å². The van der Waals surface area contributed by atoms with Crippen molar-refractivity contribution >= 4 is 21.4 Å². The summed E-state index contributed by atoms with van der Waals surface area (Å²) in [6, 6.07) is 11.0. The second kappa shape index (κ2) is 6.79. The van der Waals surface area contributed by atoms with Gasteiger partial charge in [0.25, 0.3) is 15.7 Å². The molecule has 0 aliphatic carbocycles. The summed E-state index contributed by atoms with van der Waals surface area (Å²) in [7, 11) is -3.81. The predicted molar refractivity (Wildman–Crippen MR) is 91.5 cm³/mol. The van der Waals surface area contributed by atoms with Crippen LogP contribution < -0.4 is 4.83 Å². The fourth-order valence-corrected chi connectivity index (χ4v) is 3.27. The van der Waals surface area contributed by atoms with E-state index in [1.54, 1.807) is 39.0 Å². The smallest absolute Gasteiger partial charge is 0.258 e. The van der Waals surface area contributed by atoms with Crippen molar-refractivity contribution in [1.82, 2.24) is 4.83 Å². The number of rotatable bonds is 5. The van der Waals surface area contributed by atoms with Crippen molar-refractivity contribution in [2.24, 2.45) is 5.10 Å². The Kier molecular flexibility index (Phi) is 4.99. The molecule has 2 rings (SSSR count). The van der Waals surface area contributed by atoms with Gasteiger partial charge >= 0.3 is 0 Å². The lowest BCUT2D eigenvalue weighted by atomic mass is 10.1. The van der Waals surface area contributed by atoms with E-state index in [1.807, 2.05) is 6.07 Å². The minimum Gasteiger partial charge on any atom is -0.258 e. The molecule has 0 fully saturated rings. The molecule has 0 radical (unpaired) electrons. The topological polar surface area (TPSA) is 102 Å². The molecule has 0 aromatic heterocycles. The Bertz CT molecular complexity index is 921. The van der Waals surface area contributed by atoms with Crippen LogP contribution in [0.4, 0.5) is 5.69 Å². The van der Waals surface area contributed by atoms with Crippen LogP contribution in [0, 0.1) is 24.0 Å². The van der Waals surface area contributed by atoms with Gasteiger partial charge in [-0.3, -0.25) is 10.1 Å². The van der Waals surface area contributed by atoms with E-state index in [0.717, 1.165) is 5.56 Å². The minimum atomic E-state index is -3.81. The molecule has 0 heterocycles. The van der Waals surface area contributed by atoms with Gasteiger partial charge in [-0.15, -0.1) is 0 Å². The largest absolute Gasteiger partial charge is 0.276 e. The van der Waals surface area contributed by atoms with E-state index in [9.17, 15) is 18.5 Å². The lowest BCUT2D eigenvalue weighted by Crippen LogP contribution is -2.21. The fourth-order valence-electron chi connectivity index (χ4n) is 2.08. The van der Waals surface area contributed by atoms with Gasteiger partial charge in [-0.25, -0.2) is 0 Å². The highest BCUT2D eigenvalue weighted by atomic mass is 32.2. The highest BCUT2D eigenvalue weighted by molar-refractivity contribution is 7.89. The quantitative estimate of drug-likeness (QED) is 0.510. The zero-order valence-corrected chi connectivity index (χ0v) is 14.3. The molecule has 8 heteroatoms. The molecule has 0 unspecified atom stereocenters. The van der Waals surface area contributed by atoms with Crippen LogP contribution in [0.5, 0.6) is 0 Å². The first kappa shape index (κ1) is 17.6. The minimum absolute atomic E-state index is 0.0839. The Morgan fingerprint density at radius 3 is 2.54 bits per heavy atom. The summed E-state index contributed by atoms with van der Waals surface area (Å²) >= 11 is 0. The van der Waals surface area contributed by atoms with E-state index in [0.29, 0.717) is 16.8 Å². The van der Waals surface area contributed by atoms with Crippen LogP contribution in [0.15, 0.2) is 52.5 Å². The average Bonchev–Trinajstić information content (AvgIpc) is 2.55. The summed E-state index contributed by atoms with van der Waals surface area (Å²) in [5.74, 6) is 0. The molecule has 7 nitrogen and oxygen atoms in total. The van der Waals surface area contributed by atoms with Crippen molar-refractivity contribution in [1.29, 1.82) is 0 Å². The lowest BCUT2D eigenvalue weighted by molar-refractivity contribution is -0.384. The maximum atomic E-state index is 12.4. The first-order chi connectivity index (χ1) is 11.2. The third-order valence-electron chi connectivity index (χ3n) is 3.44. The van der Waals surface area contributed by atoms with Crippen molar-refractivity contribution in [3.05, 3.63) is 69.3 Å². The Morgan fingerprint density at radius 1 is 1.17 bits per heavy atom. The number of hydrogen-bond donors (Lipinski definition) is 1. The van der Waals surface area contributed by atoms with Crippen LogP contribution in [0.2, 0.25) is 0 Å². The van der Waals surface area contributed by atoms with E-state index in [-0.39, 0.29) is 10.6 Å². The summed E-state index contributed by atoms with van der Waals surface area (Å²) in [6.45, 7) is 5.08. The molecule has 0 amide bonds. The van der Waals surface area contributed by atoms with Gasteiger partial charge in [0.1, 0.15) is 0 Å². The molecular formula is C16H17N3O4S. The summed E-state index contributed by atoms with van der Waals surface area (Å²) in [6.07, 6.45) is 0. The van der Waals surface area contributed by atoms with E-state index >= 15 is 0 Å². The van der Waals surface area contributed by atoms with Gasteiger partial charge in [0.2, 0.25) is 0 Å². The van der Waals surface area contributed by atoms with Gasteiger partial charge in [0.05, 0.1) is 15.5 Å². The molecule has 0 bridgehead atoms. The number of nitrogens with zero attached hydrogens (tertiary/aromatic N) is 2. The van der Waals surface area contributed by atoms with Crippen LogP contribution in [-0.4, -0.2) is 19.1 Å². The third-order valence-corrected chi connectivity index (χ3v) is 4.79. The van der Waals surface area contributed by atoms with Crippen molar-refractivity contribution in [3.63, 3.8) is 0 Å². The molecule has 0 saturated carbocycles. The molecule has 2 aromatic rings. The number of sulfonamides is 1. The van der Waals surface area contributed by atoms with Gasteiger partial charge in [-0.2, -0.15) is 18.4 Å². The maximum absolute atomic E-state index is 12.4. The number of hydrogen-bond acceptors (Lipinski definition) is 5. The lowest BCUT2D eigenvalue weighted by Gasteiger charge is -2.09. The van der Waals surface area contributed by atoms with Crippen LogP contribution >= 0.6 is 0 Å². The molecule has 126 valence electrons. The monoisotopic (exact) mass is 347 g/mol. The number of non-ortho nitro benzene ring substituents is 1. The van der Waals surface area contributed by atoms with Gasteiger partial charge in [0, 0.05) is 17.7 Å². The van der Waals surface area contributed by atoms with E-state index in [1.165, 1.54) is 18.2 Å². The Labute approximate surface area is 140 Å². The van der Waals surface area contributed by atoms with Crippen LogP contribution in [0.1, 0.15) is 23.6 Å². The maximum Gasteiger partial charge on any atom is 0.276 e. The van der Waals surface area contributed by atoms with E-state index in [2.05, 4.69) is 9.93 Å². The number of hydrazone groups is 1. The molecule has 0 aliphatic rings. The molecule has 0 aliphatic heterocycles. The van der Waals surface area contributed by atoms with Crippen LogP contribution in [0.25, 0.3) is 0 Å². The highest BCUT2D eigenvalue weighted by Gasteiger charge is 2.16. The molecule has 0 spiro atoms. The Hall–Kier alpha value is -2.74. The summed E-state index contributed by atoms with van der Waals surface area (Å²) in [5.41, 5.74) is 2.14. The standard InChI is InChI=1S/C16H17N3O4S/c1-11-7-8-12(2)16(9-11)24(22,23)18-17-13(3)14-5-4-6-15(10-14)19(20)21/h4-10,18H,1-3H3. The van der Waals surface area contributed by atoms with Crippen LogP contribution in [-0.2, 0) is 10.0 Å². The Morgan fingerprint density at radius 2 is 1.88 bits per heavy atom. The molecular weight excluding hydrogens is 330 g/mol. The van der Waals surface area contributed by atoms with Gasteiger partial charge in [-0.05, 0) is 38.0 Å². The van der Waals surface area contributed by atoms with Gasteiger partial charge in [-0.1, -0.05) is 24.3 Å². The zero-order valence-electron chi connectivity index (χ0n) is 13.5. The second-order valence-corrected chi connectivity index (χ2v) is 7.00. The summed E-state index contributed by atoms with van der Waals surface area (Å²) in [5, 5.41) is 14.7. The van der Waals surface area contributed by atoms with Crippen LogP contribution in [0.3, 0.4) is 0 Å². The molecule has 0 atom stereocenters. The predicted octanol–water partition coefficient (Wildman–Crippen LogP) is 2.91. The first-order valence-corrected chi connectivity index (χ1v) is 8.57. The molecule has 24 heavy (non-hydrogen) atoms. The van der Waals surface area contributed by atoms with E-state index < -0.39 is 14.9 Å². The van der Waals surface area contributed by atoms with Crippen molar-refractivity contribution < 1.29 is 13.3 Å². The van der Waals surface area contributed by atoms with Crippen molar-refractivity contribution in [2.75, 3.05) is 0 Å². The third kappa shape index (κ3) is 3.96. The number of nitro benzene ring substituents is 1. The highest BCUT2D eigenvalue weighted by Crippen LogP contribution is 2.17. The van der Waals surface area contributed by atoms with Gasteiger partial charge in [0.15, 0.2) is 0 Å². The van der Waals surface area contributed by atoms with E-state index in [4.69, 9.17) is 0 Å². The number of nitrogens with one attached hydrogen (secondary N) is 1. The number of nitro groups is 1. The first-order valence-electron chi connectivity index (χ1n) is 7.09. The Balaban J connectivity index is 2.30. The SMILES string of the molecule is CC(=NNS(=O)(=O)c1cc(C)ccc1C)c1cccc([N+](=O)[O-])c1. The van der Waals surface area contributed by atoms with Crippen molar-refractivity contribution in [2.45, 2.75) is 25.7 Å². The average molecular weight is 347 g/mol. The molecule has 0 saturated heterocycles. The molecule has 2 aromatic carbocycles. The second-order valence-electron chi connectivity index (χ2n) is 5.37. The van der Waals surface area contributed by atoms with Gasteiger partial charge < -0.3 is 0 Å². The molecule has 1 N–H and O–H groups in total. The summed E-state index contributed by atoms with van der Waals surface area (Å²) in [4.78, 5) is 12.6. The zero-order chi connectivity index (χ0) is 17.9. The fraction of sp³-hybridized carbons (Fsp3) is 0.188. The normalized spacial score (nSPS) is 12.0.